The Morgan fingerprint density at radius 2 is 2.44 bits per heavy atom. The second-order valence-electron chi connectivity index (χ2n) is 4.10. The zero-order chi connectivity index (χ0) is 12.0. The first kappa shape index (κ1) is 12.9. The highest BCUT2D eigenvalue weighted by Crippen LogP contribution is 2.13. The third kappa shape index (κ3) is 3.74. The molecule has 1 heterocycles. The van der Waals surface area contributed by atoms with E-state index in [2.05, 4.69) is 10.8 Å². The quantitative estimate of drug-likeness (QED) is 0.675. The summed E-state index contributed by atoms with van der Waals surface area (Å²) in [5.74, 6) is 2.62. The monoisotopic (exact) mass is 224 g/mol. The molecule has 0 bridgehead atoms. The van der Waals surface area contributed by atoms with Crippen LogP contribution >= 0.6 is 0 Å². The third-order valence-corrected chi connectivity index (χ3v) is 2.83. The van der Waals surface area contributed by atoms with Crippen molar-refractivity contribution in [2.45, 2.75) is 25.9 Å². The van der Waals surface area contributed by atoms with Gasteiger partial charge in [0.2, 0.25) is 0 Å². The largest absolute Gasteiger partial charge is 0.445 e. The summed E-state index contributed by atoms with van der Waals surface area (Å²) in [6.07, 6.45) is 6.99. The normalized spacial score (nSPS) is 21.2. The Bertz CT molecular complexity index is 273. The van der Waals surface area contributed by atoms with Gasteiger partial charge in [0.05, 0.1) is 6.54 Å². The number of carbonyl (C=O) groups excluding carboxylic acids is 1. The van der Waals surface area contributed by atoms with Crippen molar-refractivity contribution in [1.82, 2.24) is 9.80 Å². The lowest BCUT2D eigenvalue weighted by molar-refractivity contribution is 0.0297. The minimum absolute atomic E-state index is 0.0106. The van der Waals surface area contributed by atoms with Gasteiger partial charge in [0.25, 0.3) is 0 Å². The molecular weight excluding hydrogens is 204 g/mol. The number of hydrogen-bond acceptors (Lipinski definition) is 3. The van der Waals surface area contributed by atoms with E-state index in [-0.39, 0.29) is 12.2 Å². The van der Waals surface area contributed by atoms with E-state index in [9.17, 15) is 4.79 Å². The highest BCUT2D eigenvalue weighted by molar-refractivity contribution is 5.67. The average Bonchev–Trinajstić information content (AvgIpc) is 2.29. The molecule has 0 aliphatic carbocycles. The molecule has 0 aromatic rings. The summed E-state index contributed by atoms with van der Waals surface area (Å²) in [4.78, 5) is 15.3. The molecule has 1 atom stereocenters. The van der Waals surface area contributed by atoms with Gasteiger partial charge in [-0.25, -0.2) is 4.79 Å². The molecule has 16 heavy (non-hydrogen) atoms. The fourth-order valence-electron chi connectivity index (χ4n) is 1.74. The van der Waals surface area contributed by atoms with E-state index in [1.165, 1.54) is 0 Å². The molecule has 0 radical (unpaired) electrons. The van der Waals surface area contributed by atoms with Crippen LogP contribution in [-0.2, 0) is 4.74 Å². The number of ether oxygens (including phenoxy) is 1. The maximum absolute atomic E-state index is 11.6. The van der Waals surface area contributed by atoms with Crippen LogP contribution in [0.3, 0.4) is 0 Å². The van der Waals surface area contributed by atoms with E-state index < -0.39 is 0 Å². The van der Waals surface area contributed by atoms with Crippen LogP contribution in [0, 0.1) is 12.3 Å². The minimum Gasteiger partial charge on any atom is -0.445 e. The van der Waals surface area contributed by atoms with Crippen molar-refractivity contribution in [3.8, 4) is 12.3 Å². The Kier molecular flexibility index (Phi) is 5.13. The molecule has 1 rings (SSSR count). The van der Waals surface area contributed by atoms with Crippen molar-refractivity contribution in [3.05, 3.63) is 0 Å². The van der Waals surface area contributed by atoms with E-state index in [1.807, 2.05) is 6.92 Å². The van der Waals surface area contributed by atoms with Gasteiger partial charge in [-0.1, -0.05) is 5.92 Å². The predicted molar refractivity (Wildman–Crippen MR) is 63.1 cm³/mol. The van der Waals surface area contributed by atoms with E-state index in [1.54, 1.807) is 11.9 Å². The number of amides is 1. The Hall–Kier alpha value is -1.21. The van der Waals surface area contributed by atoms with Gasteiger partial charge < -0.3 is 9.64 Å². The number of hydrogen-bond donors (Lipinski definition) is 0. The number of terminal acetylenes is 1. The molecule has 1 saturated heterocycles. The smallest absolute Gasteiger partial charge is 0.409 e. The van der Waals surface area contributed by atoms with Gasteiger partial charge in [0.15, 0.2) is 0 Å². The minimum atomic E-state index is -0.241. The number of nitrogens with zero attached hydrogens (tertiary/aromatic N) is 2. The Morgan fingerprint density at radius 1 is 1.69 bits per heavy atom. The van der Waals surface area contributed by atoms with Crippen molar-refractivity contribution in [2.24, 2.45) is 0 Å². The van der Waals surface area contributed by atoms with Gasteiger partial charge in [-0.15, -0.1) is 6.42 Å². The SMILES string of the molecule is C#CCN1CCCC(OC(=O)N(C)CC)C1. The summed E-state index contributed by atoms with van der Waals surface area (Å²) in [5.41, 5.74) is 0. The van der Waals surface area contributed by atoms with E-state index in [0.717, 1.165) is 25.9 Å². The van der Waals surface area contributed by atoms with Crippen LogP contribution in [-0.4, -0.2) is 55.2 Å². The second-order valence-corrected chi connectivity index (χ2v) is 4.10. The summed E-state index contributed by atoms with van der Waals surface area (Å²) in [7, 11) is 1.74. The van der Waals surface area contributed by atoms with Crippen molar-refractivity contribution in [1.29, 1.82) is 0 Å². The number of likely N-dealkylation sites (tertiary alicyclic amines) is 1. The second kappa shape index (κ2) is 6.39. The lowest BCUT2D eigenvalue weighted by Crippen LogP contribution is -2.42. The molecular formula is C12H20N2O2. The standard InChI is InChI=1S/C12H20N2O2/c1-4-8-14-9-6-7-11(10-14)16-12(15)13(3)5-2/h1,11H,5-10H2,2-3H3. The van der Waals surface area contributed by atoms with E-state index in [0.29, 0.717) is 13.1 Å². The van der Waals surface area contributed by atoms with Crippen LogP contribution in [0.25, 0.3) is 0 Å². The zero-order valence-electron chi connectivity index (χ0n) is 10.1. The number of carbonyl (C=O) groups is 1. The molecule has 1 aliphatic rings. The molecule has 0 spiro atoms. The van der Waals surface area contributed by atoms with Gasteiger partial charge in [0, 0.05) is 20.1 Å². The maximum Gasteiger partial charge on any atom is 0.409 e. The highest BCUT2D eigenvalue weighted by atomic mass is 16.6. The Labute approximate surface area is 97.5 Å². The van der Waals surface area contributed by atoms with Crippen molar-refractivity contribution in [3.63, 3.8) is 0 Å². The molecule has 4 heteroatoms. The highest BCUT2D eigenvalue weighted by Gasteiger charge is 2.23. The molecule has 4 nitrogen and oxygen atoms in total. The maximum atomic E-state index is 11.6. The average molecular weight is 224 g/mol. The van der Waals surface area contributed by atoms with Crippen LogP contribution in [0.15, 0.2) is 0 Å². The van der Waals surface area contributed by atoms with Crippen LogP contribution in [0.4, 0.5) is 4.79 Å². The molecule has 0 saturated carbocycles. The Balaban J connectivity index is 2.37. The molecule has 0 aromatic carbocycles. The van der Waals surface area contributed by atoms with Crippen LogP contribution in [0.2, 0.25) is 0 Å². The first-order valence-corrected chi connectivity index (χ1v) is 5.75. The van der Waals surface area contributed by atoms with Crippen molar-refractivity contribution < 1.29 is 9.53 Å². The van der Waals surface area contributed by atoms with E-state index in [4.69, 9.17) is 11.2 Å². The summed E-state index contributed by atoms with van der Waals surface area (Å²) in [6.45, 7) is 4.99. The van der Waals surface area contributed by atoms with Gasteiger partial charge in [-0.2, -0.15) is 0 Å². The lowest BCUT2D eigenvalue weighted by atomic mass is 10.1. The third-order valence-electron chi connectivity index (χ3n) is 2.83. The molecule has 1 aliphatic heterocycles. The van der Waals surface area contributed by atoms with Gasteiger partial charge in [-0.3, -0.25) is 4.90 Å². The molecule has 1 unspecified atom stereocenters. The summed E-state index contributed by atoms with van der Waals surface area (Å²) < 4.78 is 5.40. The number of piperidine rings is 1. The Morgan fingerprint density at radius 3 is 3.06 bits per heavy atom. The lowest BCUT2D eigenvalue weighted by Gasteiger charge is -2.31. The molecule has 0 aromatic heterocycles. The summed E-state index contributed by atoms with van der Waals surface area (Å²) >= 11 is 0. The van der Waals surface area contributed by atoms with Crippen LogP contribution in [0.1, 0.15) is 19.8 Å². The van der Waals surface area contributed by atoms with Gasteiger partial charge in [-0.05, 0) is 26.3 Å². The predicted octanol–water partition coefficient (Wildman–Crippen LogP) is 1.17. The molecule has 90 valence electrons. The summed E-state index contributed by atoms with van der Waals surface area (Å²) in [5, 5.41) is 0. The molecule has 0 N–H and O–H groups in total. The van der Waals surface area contributed by atoms with Crippen LogP contribution in [0.5, 0.6) is 0 Å². The summed E-state index contributed by atoms with van der Waals surface area (Å²) in [6, 6.07) is 0. The fraction of sp³-hybridized carbons (Fsp3) is 0.750. The topological polar surface area (TPSA) is 32.8 Å². The first-order valence-electron chi connectivity index (χ1n) is 5.75. The van der Waals surface area contributed by atoms with Crippen molar-refractivity contribution in [2.75, 3.05) is 33.2 Å². The van der Waals surface area contributed by atoms with Crippen molar-refractivity contribution >= 4 is 6.09 Å². The molecule has 1 amide bonds. The number of rotatable bonds is 3. The zero-order valence-corrected chi connectivity index (χ0v) is 10.1. The van der Waals surface area contributed by atoms with Gasteiger partial charge >= 0.3 is 6.09 Å². The fourth-order valence-corrected chi connectivity index (χ4v) is 1.74. The van der Waals surface area contributed by atoms with E-state index >= 15 is 0 Å². The van der Waals surface area contributed by atoms with Crippen LogP contribution < -0.4 is 0 Å². The first-order chi connectivity index (χ1) is 7.67. The van der Waals surface area contributed by atoms with Gasteiger partial charge in [0.1, 0.15) is 6.10 Å². The molecule has 1 fully saturated rings.